The number of ether oxygens (including phenoxy) is 1. The van der Waals surface area contributed by atoms with Gasteiger partial charge in [0.2, 0.25) is 5.91 Å². The van der Waals surface area contributed by atoms with Crippen molar-refractivity contribution in [1.29, 1.82) is 0 Å². The monoisotopic (exact) mass is 369 g/mol. The van der Waals surface area contributed by atoms with E-state index in [4.69, 9.17) is 9.84 Å². The van der Waals surface area contributed by atoms with Crippen LogP contribution in [0.4, 0.5) is 5.69 Å². The van der Waals surface area contributed by atoms with Crippen LogP contribution in [0.5, 0.6) is 5.75 Å². The number of carbonyl (C=O) groups is 3. The lowest BCUT2D eigenvalue weighted by molar-refractivity contribution is -0.141. The molecule has 3 rings (SSSR count). The molecule has 1 heterocycles. The Bertz CT molecular complexity index is 864. The van der Waals surface area contributed by atoms with Crippen molar-refractivity contribution >= 4 is 23.5 Å². The fourth-order valence-electron chi connectivity index (χ4n) is 3.17. The third-order valence-electron chi connectivity index (χ3n) is 4.50. The quantitative estimate of drug-likeness (QED) is 0.533. The van der Waals surface area contributed by atoms with Gasteiger partial charge in [-0.05, 0) is 30.2 Å². The Balaban J connectivity index is 1.61. The molecule has 3 N–H and O–H groups in total. The summed E-state index contributed by atoms with van der Waals surface area (Å²) in [7, 11) is 0. The molecule has 0 aromatic heterocycles. The normalized spacial score (nSPS) is 18.7. The van der Waals surface area contributed by atoms with Crippen LogP contribution in [0.1, 0.15) is 41.3 Å². The van der Waals surface area contributed by atoms with Gasteiger partial charge in [0.05, 0.1) is 6.42 Å². The zero-order valence-electron chi connectivity index (χ0n) is 14.4. The van der Waals surface area contributed by atoms with Crippen molar-refractivity contribution in [3.63, 3.8) is 0 Å². The highest BCUT2D eigenvalue weighted by Gasteiger charge is 2.35. The number of anilines is 1. The number of benzene rings is 2. The minimum absolute atomic E-state index is 0.0972. The lowest BCUT2D eigenvalue weighted by atomic mass is 9.91. The van der Waals surface area contributed by atoms with E-state index in [2.05, 4.69) is 5.32 Å². The Labute approximate surface area is 155 Å². The molecule has 1 aliphatic rings. The van der Waals surface area contributed by atoms with Gasteiger partial charge in [-0.25, -0.2) is 4.79 Å². The SMILES string of the molecule is O=C(CC[C@@H]1CC(=O)O[C@H]1c1ccccc1)Nc1ccc(O)c(C(=O)O)c1. The molecule has 1 amide bonds. The highest BCUT2D eigenvalue weighted by atomic mass is 16.5. The zero-order chi connectivity index (χ0) is 19.4. The molecular weight excluding hydrogens is 350 g/mol. The molecule has 2 aromatic rings. The fraction of sp³-hybridized carbons (Fsp3) is 0.250. The maximum Gasteiger partial charge on any atom is 0.339 e. The summed E-state index contributed by atoms with van der Waals surface area (Å²) in [5.74, 6) is -2.33. The molecule has 1 fully saturated rings. The molecule has 7 heteroatoms. The summed E-state index contributed by atoms with van der Waals surface area (Å²) in [4.78, 5) is 35.0. The highest BCUT2D eigenvalue weighted by molar-refractivity contribution is 5.95. The number of carbonyl (C=O) groups excluding carboxylic acids is 2. The van der Waals surface area contributed by atoms with Gasteiger partial charge in [0.25, 0.3) is 0 Å². The molecule has 0 bridgehead atoms. The summed E-state index contributed by atoms with van der Waals surface area (Å²) in [5.41, 5.74) is 0.902. The first-order chi connectivity index (χ1) is 12.9. The first-order valence-electron chi connectivity index (χ1n) is 8.54. The zero-order valence-corrected chi connectivity index (χ0v) is 14.4. The van der Waals surface area contributed by atoms with E-state index in [1.165, 1.54) is 18.2 Å². The van der Waals surface area contributed by atoms with Gasteiger partial charge in [0.1, 0.15) is 17.4 Å². The van der Waals surface area contributed by atoms with Gasteiger partial charge in [0.15, 0.2) is 0 Å². The molecule has 1 aliphatic heterocycles. The van der Waals surface area contributed by atoms with Crippen molar-refractivity contribution in [2.45, 2.75) is 25.4 Å². The second-order valence-electron chi connectivity index (χ2n) is 6.41. The highest BCUT2D eigenvalue weighted by Crippen LogP contribution is 2.38. The van der Waals surface area contributed by atoms with E-state index >= 15 is 0 Å². The Kier molecular flexibility index (Phi) is 5.40. The number of phenols is 1. The largest absolute Gasteiger partial charge is 0.507 e. The number of aromatic hydroxyl groups is 1. The Morgan fingerprint density at radius 1 is 1.15 bits per heavy atom. The fourth-order valence-corrected chi connectivity index (χ4v) is 3.17. The van der Waals surface area contributed by atoms with Gasteiger partial charge >= 0.3 is 11.9 Å². The number of carboxylic acids is 1. The van der Waals surface area contributed by atoms with Gasteiger partial charge in [-0.3, -0.25) is 9.59 Å². The van der Waals surface area contributed by atoms with Crippen LogP contribution in [0.3, 0.4) is 0 Å². The van der Waals surface area contributed by atoms with Crippen LogP contribution in [0.2, 0.25) is 0 Å². The third kappa shape index (κ3) is 4.44. The molecule has 0 saturated carbocycles. The van der Waals surface area contributed by atoms with E-state index in [9.17, 15) is 19.5 Å². The maximum absolute atomic E-state index is 12.2. The Hall–Kier alpha value is -3.35. The Morgan fingerprint density at radius 2 is 1.89 bits per heavy atom. The molecule has 7 nitrogen and oxygen atoms in total. The summed E-state index contributed by atoms with van der Waals surface area (Å²) in [5, 5.41) is 21.1. The van der Waals surface area contributed by atoms with Crippen molar-refractivity contribution < 1.29 is 29.3 Å². The predicted molar refractivity (Wildman–Crippen MR) is 96.3 cm³/mol. The van der Waals surface area contributed by atoms with E-state index in [1.54, 1.807) is 0 Å². The van der Waals surface area contributed by atoms with Crippen molar-refractivity contribution in [1.82, 2.24) is 0 Å². The molecule has 27 heavy (non-hydrogen) atoms. The number of amides is 1. The van der Waals surface area contributed by atoms with Gasteiger partial charge in [0, 0.05) is 18.0 Å². The lowest BCUT2D eigenvalue weighted by Gasteiger charge is -2.17. The number of rotatable bonds is 6. The van der Waals surface area contributed by atoms with Crippen LogP contribution in [0.25, 0.3) is 0 Å². The molecule has 1 saturated heterocycles. The van der Waals surface area contributed by atoms with Crippen LogP contribution in [0.15, 0.2) is 48.5 Å². The van der Waals surface area contributed by atoms with E-state index < -0.39 is 5.97 Å². The molecule has 0 unspecified atom stereocenters. The van der Waals surface area contributed by atoms with Crippen LogP contribution < -0.4 is 5.32 Å². The van der Waals surface area contributed by atoms with E-state index in [-0.39, 0.29) is 53.7 Å². The molecular formula is C20H19NO6. The molecule has 0 spiro atoms. The van der Waals surface area contributed by atoms with Gasteiger partial charge < -0.3 is 20.3 Å². The van der Waals surface area contributed by atoms with Crippen molar-refractivity contribution in [2.75, 3.05) is 5.32 Å². The summed E-state index contributed by atoms with van der Waals surface area (Å²) < 4.78 is 5.40. The number of hydrogen-bond donors (Lipinski definition) is 3. The van der Waals surface area contributed by atoms with Crippen molar-refractivity contribution in [3.8, 4) is 5.75 Å². The van der Waals surface area contributed by atoms with Gasteiger partial charge in [-0.2, -0.15) is 0 Å². The minimum atomic E-state index is -1.28. The first kappa shape index (κ1) is 18.4. The second-order valence-corrected chi connectivity index (χ2v) is 6.41. The Morgan fingerprint density at radius 3 is 2.59 bits per heavy atom. The average molecular weight is 369 g/mol. The van der Waals surface area contributed by atoms with Gasteiger partial charge in [-0.1, -0.05) is 30.3 Å². The van der Waals surface area contributed by atoms with Crippen LogP contribution >= 0.6 is 0 Å². The van der Waals surface area contributed by atoms with E-state index in [1.807, 2.05) is 30.3 Å². The lowest BCUT2D eigenvalue weighted by Crippen LogP contribution is -2.15. The van der Waals surface area contributed by atoms with Gasteiger partial charge in [-0.15, -0.1) is 0 Å². The number of nitrogens with one attached hydrogen (secondary N) is 1. The average Bonchev–Trinajstić information content (AvgIpc) is 3.03. The number of aromatic carboxylic acids is 1. The first-order valence-corrected chi connectivity index (χ1v) is 8.54. The predicted octanol–water partition coefficient (Wildman–Crippen LogP) is 3.11. The summed E-state index contributed by atoms with van der Waals surface area (Å²) >= 11 is 0. The topological polar surface area (TPSA) is 113 Å². The number of carboxylic acid groups (broad SMARTS) is 1. The molecule has 0 aliphatic carbocycles. The number of esters is 1. The minimum Gasteiger partial charge on any atom is -0.507 e. The number of hydrogen-bond acceptors (Lipinski definition) is 5. The summed E-state index contributed by atoms with van der Waals surface area (Å²) in [6.07, 6.45) is 0.517. The second kappa shape index (κ2) is 7.90. The van der Waals surface area contributed by atoms with E-state index in [0.29, 0.717) is 6.42 Å². The summed E-state index contributed by atoms with van der Waals surface area (Å²) in [6, 6.07) is 13.2. The molecule has 2 aromatic carbocycles. The van der Waals surface area contributed by atoms with Crippen LogP contribution in [-0.4, -0.2) is 28.1 Å². The number of cyclic esters (lactones) is 1. The van der Waals surface area contributed by atoms with Crippen molar-refractivity contribution in [3.05, 3.63) is 59.7 Å². The third-order valence-corrected chi connectivity index (χ3v) is 4.50. The van der Waals surface area contributed by atoms with Crippen LogP contribution in [0, 0.1) is 5.92 Å². The van der Waals surface area contributed by atoms with Crippen molar-refractivity contribution in [2.24, 2.45) is 5.92 Å². The standard InChI is InChI=1S/C20H19NO6/c22-16-8-7-14(11-15(16)20(25)26)21-17(23)9-6-13-10-18(24)27-19(13)12-4-2-1-3-5-12/h1-5,7-8,11,13,19,22H,6,9-10H2,(H,21,23)(H,25,26)/t13-,19+/m1/s1. The molecule has 2 atom stereocenters. The molecule has 0 radical (unpaired) electrons. The summed E-state index contributed by atoms with van der Waals surface area (Å²) in [6.45, 7) is 0. The van der Waals surface area contributed by atoms with E-state index in [0.717, 1.165) is 5.56 Å². The smallest absolute Gasteiger partial charge is 0.339 e. The molecule has 140 valence electrons. The van der Waals surface area contributed by atoms with Crippen LogP contribution in [-0.2, 0) is 14.3 Å². The maximum atomic E-state index is 12.2.